The summed E-state index contributed by atoms with van der Waals surface area (Å²) in [5, 5.41) is 2.83. The zero-order valence-corrected chi connectivity index (χ0v) is 15.9. The Morgan fingerprint density at radius 3 is 2.43 bits per heavy atom. The molecule has 1 aliphatic carbocycles. The molecule has 0 atom stereocenters. The minimum absolute atomic E-state index is 0.0432. The molecule has 2 amide bonds. The van der Waals surface area contributed by atoms with Crippen molar-refractivity contribution in [3.63, 3.8) is 0 Å². The van der Waals surface area contributed by atoms with E-state index in [4.69, 9.17) is 4.74 Å². The van der Waals surface area contributed by atoms with E-state index in [1.807, 2.05) is 0 Å². The summed E-state index contributed by atoms with van der Waals surface area (Å²) in [5.74, 6) is -0.708. The monoisotopic (exact) mass is 386 g/mol. The molecule has 0 spiro atoms. The number of anilines is 1. The van der Waals surface area contributed by atoms with Crippen molar-refractivity contribution in [3.8, 4) is 11.1 Å². The molecule has 0 aromatic heterocycles. The molecule has 6 heteroatoms. The van der Waals surface area contributed by atoms with Gasteiger partial charge in [0.1, 0.15) is 11.6 Å². The maximum absolute atomic E-state index is 14.2. The fourth-order valence-electron chi connectivity index (χ4n) is 4.39. The molecule has 0 radical (unpaired) electrons. The summed E-state index contributed by atoms with van der Waals surface area (Å²) >= 11 is 0. The second kappa shape index (κ2) is 7.51. The van der Waals surface area contributed by atoms with Crippen molar-refractivity contribution in [2.75, 3.05) is 32.1 Å². The lowest BCUT2D eigenvalue weighted by Gasteiger charge is -2.56. The van der Waals surface area contributed by atoms with Gasteiger partial charge in [-0.2, -0.15) is 0 Å². The Morgan fingerprint density at radius 2 is 1.82 bits per heavy atom. The van der Waals surface area contributed by atoms with Crippen molar-refractivity contribution in [2.24, 2.45) is 11.3 Å². The molecule has 0 bridgehead atoms. The molecule has 4 nitrogen and oxygen atoms in total. The van der Waals surface area contributed by atoms with Crippen molar-refractivity contribution in [3.05, 3.63) is 54.1 Å². The van der Waals surface area contributed by atoms with Crippen LogP contribution in [0.25, 0.3) is 11.1 Å². The number of hydrogen-bond donors (Lipinski definition) is 1. The van der Waals surface area contributed by atoms with Crippen LogP contribution in [0.2, 0.25) is 0 Å². The summed E-state index contributed by atoms with van der Waals surface area (Å²) in [5.41, 5.74) is 0.630. The predicted octanol–water partition coefficient (Wildman–Crippen LogP) is 4.91. The van der Waals surface area contributed by atoms with Gasteiger partial charge in [-0.25, -0.2) is 13.6 Å². The summed E-state index contributed by atoms with van der Waals surface area (Å²) < 4.78 is 33.9. The third kappa shape index (κ3) is 3.26. The number of carbonyl (C=O) groups excluding carboxylic acids is 1. The quantitative estimate of drug-likeness (QED) is 0.793. The Balaban J connectivity index is 1.51. The zero-order valence-electron chi connectivity index (χ0n) is 15.9. The van der Waals surface area contributed by atoms with Gasteiger partial charge in [-0.15, -0.1) is 0 Å². The second-order valence-electron chi connectivity index (χ2n) is 7.85. The molecule has 1 saturated heterocycles. The lowest BCUT2D eigenvalue weighted by molar-refractivity contribution is -0.0920. The molecule has 148 valence electrons. The first-order valence-electron chi connectivity index (χ1n) is 9.62. The Hall–Kier alpha value is -2.47. The fraction of sp³-hybridized carbons (Fsp3) is 0.409. The van der Waals surface area contributed by atoms with E-state index in [2.05, 4.69) is 5.32 Å². The highest BCUT2D eigenvalue weighted by Gasteiger charge is 2.52. The number of benzene rings is 2. The van der Waals surface area contributed by atoms with Crippen LogP contribution >= 0.6 is 0 Å². The second-order valence-corrected chi connectivity index (χ2v) is 7.85. The SMILES string of the molecule is COCC1(C2CCC2)CN(C(=O)Nc2ccccc2-c2c(F)cccc2F)C1. The zero-order chi connectivity index (χ0) is 19.7. The number of amides is 2. The van der Waals surface area contributed by atoms with Crippen molar-refractivity contribution >= 4 is 11.7 Å². The molecular formula is C22H24F2N2O2. The first kappa shape index (κ1) is 18.9. The molecule has 2 aliphatic rings. The largest absolute Gasteiger partial charge is 0.384 e. The van der Waals surface area contributed by atoms with E-state index in [-0.39, 0.29) is 17.0 Å². The minimum Gasteiger partial charge on any atom is -0.384 e. The molecule has 4 rings (SSSR count). The van der Waals surface area contributed by atoms with Crippen molar-refractivity contribution in [1.29, 1.82) is 0 Å². The van der Waals surface area contributed by atoms with Crippen LogP contribution in [0, 0.1) is 23.0 Å². The number of halogens is 2. The minimum atomic E-state index is -0.658. The highest BCUT2D eigenvalue weighted by Crippen LogP contribution is 2.48. The van der Waals surface area contributed by atoms with E-state index >= 15 is 0 Å². The molecule has 2 aromatic rings. The summed E-state index contributed by atoms with van der Waals surface area (Å²) in [4.78, 5) is 14.5. The van der Waals surface area contributed by atoms with Gasteiger partial charge in [0.05, 0.1) is 17.9 Å². The number of nitrogens with one attached hydrogen (secondary N) is 1. The number of carbonyl (C=O) groups is 1. The Morgan fingerprint density at radius 1 is 1.14 bits per heavy atom. The van der Waals surface area contributed by atoms with E-state index in [0.29, 0.717) is 36.9 Å². The van der Waals surface area contributed by atoms with E-state index < -0.39 is 11.6 Å². The lowest BCUT2D eigenvalue weighted by atomic mass is 9.61. The summed E-state index contributed by atoms with van der Waals surface area (Å²) in [6.07, 6.45) is 3.62. The molecule has 2 aromatic carbocycles. The van der Waals surface area contributed by atoms with Gasteiger partial charge in [0, 0.05) is 31.2 Å². The Bertz CT molecular complexity index is 856. The van der Waals surface area contributed by atoms with Crippen molar-refractivity contribution in [2.45, 2.75) is 19.3 Å². The van der Waals surface area contributed by atoms with Crippen LogP contribution in [-0.2, 0) is 4.74 Å². The molecule has 1 N–H and O–H groups in total. The smallest absolute Gasteiger partial charge is 0.321 e. The number of rotatable bonds is 5. The highest BCUT2D eigenvalue weighted by molar-refractivity contribution is 5.95. The van der Waals surface area contributed by atoms with Gasteiger partial charge in [0.25, 0.3) is 0 Å². The third-order valence-electron chi connectivity index (χ3n) is 6.10. The first-order valence-corrected chi connectivity index (χ1v) is 9.62. The molecule has 28 heavy (non-hydrogen) atoms. The van der Waals surface area contributed by atoms with Gasteiger partial charge in [-0.05, 0) is 37.0 Å². The van der Waals surface area contributed by atoms with Crippen LogP contribution in [0.4, 0.5) is 19.3 Å². The van der Waals surface area contributed by atoms with Crippen molar-refractivity contribution in [1.82, 2.24) is 4.90 Å². The van der Waals surface area contributed by atoms with Gasteiger partial charge in [0.2, 0.25) is 0 Å². The van der Waals surface area contributed by atoms with Gasteiger partial charge < -0.3 is 15.0 Å². The van der Waals surface area contributed by atoms with Crippen LogP contribution < -0.4 is 5.32 Å². The Kier molecular flexibility index (Phi) is 5.06. The standard InChI is InChI=1S/C22H24F2N2O2/c1-28-14-22(15-6-4-7-15)12-26(13-22)21(27)25-19-11-3-2-8-16(19)20-17(23)9-5-10-18(20)24/h2-3,5,8-11,15H,4,6-7,12-14H2,1H3,(H,25,27). The molecule has 2 fully saturated rings. The number of ether oxygens (including phenoxy) is 1. The number of nitrogens with zero attached hydrogens (tertiary/aromatic N) is 1. The first-order chi connectivity index (χ1) is 13.5. The number of likely N-dealkylation sites (tertiary alicyclic amines) is 1. The van der Waals surface area contributed by atoms with E-state index in [1.54, 1.807) is 36.3 Å². The Labute approximate surface area is 163 Å². The summed E-state index contributed by atoms with van der Waals surface area (Å²) in [7, 11) is 1.70. The van der Waals surface area contributed by atoms with Gasteiger partial charge in [-0.1, -0.05) is 30.7 Å². The average Bonchev–Trinajstić information content (AvgIpc) is 2.58. The number of para-hydroxylation sites is 1. The van der Waals surface area contributed by atoms with E-state index in [9.17, 15) is 13.6 Å². The summed E-state index contributed by atoms with van der Waals surface area (Å²) in [6.45, 7) is 1.94. The van der Waals surface area contributed by atoms with Gasteiger partial charge in [-0.3, -0.25) is 0 Å². The van der Waals surface area contributed by atoms with Crippen LogP contribution in [-0.4, -0.2) is 37.7 Å². The van der Waals surface area contributed by atoms with Gasteiger partial charge in [0.15, 0.2) is 0 Å². The summed E-state index contributed by atoms with van der Waals surface area (Å²) in [6, 6.07) is 10.2. The molecule has 1 heterocycles. The molecule has 1 aliphatic heterocycles. The third-order valence-corrected chi connectivity index (χ3v) is 6.10. The van der Waals surface area contributed by atoms with Crippen LogP contribution in [0.5, 0.6) is 0 Å². The number of urea groups is 1. The van der Waals surface area contributed by atoms with E-state index in [1.165, 1.54) is 37.5 Å². The van der Waals surface area contributed by atoms with Crippen molar-refractivity contribution < 1.29 is 18.3 Å². The predicted molar refractivity (Wildman–Crippen MR) is 104 cm³/mol. The van der Waals surface area contributed by atoms with Crippen LogP contribution in [0.15, 0.2) is 42.5 Å². The van der Waals surface area contributed by atoms with Crippen LogP contribution in [0.3, 0.4) is 0 Å². The number of hydrogen-bond acceptors (Lipinski definition) is 2. The lowest BCUT2D eigenvalue weighted by Crippen LogP contribution is -2.65. The molecular weight excluding hydrogens is 362 g/mol. The number of methoxy groups -OCH3 is 1. The van der Waals surface area contributed by atoms with E-state index in [0.717, 1.165) is 0 Å². The fourth-order valence-corrected chi connectivity index (χ4v) is 4.39. The maximum atomic E-state index is 14.2. The topological polar surface area (TPSA) is 41.6 Å². The van der Waals surface area contributed by atoms with Gasteiger partial charge >= 0.3 is 6.03 Å². The molecule has 1 saturated carbocycles. The average molecular weight is 386 g/mol. The molecule has 0 unspecified atom stereocenters. The normalized spacial score (nSPS) is 18.3. The highest BCUT2D eigenvalue weighted by atomic mass is 19.1. The maximum Gasteiger partial charge on any atom is 0.321 e. The van der Waals surface area contributed by atoms with Crippen LogP contribution in [0.1, 0.15) is 19.3 Å².